The van der Waals surface area contributed by atoms with Crippen molar-refractivity contribution in [2.75, 3.05) is 11.9 Å². The van der Waals surface area contributed by atoms with E-state index in [1.165, 1.54) is 6.07 Å². The fraction of sp³-hybridized carbons (Fsp3) is 0.300. The number of carbonyl (C=O) groups is 1. The molecule has 18 heavy (non-hydrogen) atoms. The van der Waals surface area contributed by atoms with Gasteiger partial charge in [-0.05, 0) is 19.1 Å². The molecule has 0 bridgehead atoms. The average molecular weight is 260 g/mol. The molecular formula is C10H10F2N2O4. The summed E-state index contributed by atoms with van der Waals surface area (Å²) in [5.74, 6) is -1.37. The summed E-state index contributed by atoms with van der Waals surface area (Å²) in [6.07, 6.45) is -3.24. The number of rotatable bonds is 5. The van der Waals surface area contributed by atoms with E-state index in [9.17, 15) is 23.7 Å². The Kier molecular flexibility index (Phi) is 4.52. The second kappa shape index (κ2) is 5.89. The molecule has 0 aliphatic heterocycles. The van der Waals surface area contributed by atoms with Crippen molar-refractivity contribution in [2.45, 2.75) is 13.3 Å². The highest BCUT2D eigenvalue weighted by Gasteiger charge is 2.21. The largest absolute Gasteiger partial charge is 0.494 e. The van der Waals surface area contributed by atoms with E-state index in [2.05, 4.69) is 0 Å². The second-order valence-corrected chi connectivity index (χ2v) is 3.16. The summed E-state index contributed by atoms with van der Waals surface area (Å²) in [4.78, 5) is 20.7. The summed E-state index contributed by atoms with van der Waals surface area (Å²) in [6, 6.07) is 3.55. The Morgan fingerprint density at radius 1 is 1.56 bits per heavy atom. The summed E-state index contributed by atoms with van der Waals surface area (Å²) >= 11 is 0. The number of hydrogen-bond donors (Lipinski definition) is 1. The number of ether oxygens (including phenoxy) is 1. The minimum Gasteiger partial charge on any atom is -0.494 e. The van der Waals surface area contributed by atoms with Crippen LogP contribution in [0.4, 0.5) is 20.2 Å². The minimum atomic E-state index is -3.24. The number of carbonyl (C=O) groups excluding carboxylic acids is 1. The van der Waals surface area contributed by atoms with Gasteiger partial charge in [-0.25, -0.2) is 0 Å². The Bertz CT molecular complexity index is 465. The predicted molar refractivity (Wildman–Crippen MR) is 58.9 cm³/mol. The molecule has 1 amide bonds. The molecule has 0 heterocycles. The van der Waals surface area contributed by atoms with Gasteiger partial charge in [0, 0.05) is 0 Å². The van der Waals surface area contributed by atoms with Gasteiger partial charge in [-0.2, -0.15) is 8.78 Å². The van der Waals surface area contributed by atoms with Crippen molar-refractivity contribution in [1.29, 1.82) is 0 Å². The van der Waals surface area contributed by atoms with Gasteiger partial charge in [0.2, 0.25) is 0 Å². The van der Waals surface area contributed by atoms with E-state index < -0.39 is 22.9 Å². The second-order valence-electron chi connectivity index (χ2n) is 3.16. The lowest BCUT2D eigenvalue weighted by molar-refractivity contribution is -0.384. The molecule has 0 aromatic heterocycles. The van der Waals surface area contributed by atoms with Gasteiger partial charge in [-0.1, -0.05) is 0 Å². The van der Waals surface area contributed by atoms with Crippen LogP contribution in [-0.4, -0.2) is 23.9 Å². The molecule has 8 heteroatoms. The van der Waals surface area contributed by atoms with Crippen molar-refractivity contribution in [3.05, 3.63) is 28.3 Å². The van der Waals surface area contributed by atoms with E-state index >= 15 is 0 Å². The van der Waals surface area contributed by atoms with Crippen LogP contribution >= 0.6 is 0 Å². The van der Waals surface area contributed by atoms with E-state index in [4.69, 9.17) is 4.74 Å². The van der Waals surface area contributed by atoms with Gasteiger partial charge in [-0.3, -0.25) is 14.9 Å². The molecule has 0 radical (unpaired) electrons. The van der Waals surface area contributed by atoms with E-state index in [0.717, 1.165) is 12.1 Å². The van der Waals surface area contributed by atoms with Crippen LogP contribution in [0.5, 0.6) is 5.75 Å². The van der Waals surface area contributed by atoms with Crippen LogP contribution in [0.25, 0.3) is 0 Å². The number of nitrogens with zero attached hydrogens (tertiary/aromatic N) is 1. The summed E-state index contributed by atoms with van der Waals surface area (Å²) in [5, 5.41) is 12.5. The third-order valence-electron chi connectivity index (χ3n) is 1.93. The summed E-state index contributed by atoms with van der Waals surface area (Å²) in [6.45, 7) is 2.00. The number of hydrogen-bond acceptors (Lipinski definition) is 4. The van der Waals surface area contributed by atoms with Crippen LogP contribution in [0.3, 0.4) is 0 Å². The zero-order valence-electron chi connectivity index (χ0n) is 9.35. The van der Waals surface area contributed by atoms with Gasteiger partial charge in [-0.15, -0.1) is 0 Å². The molecule has 0 saturated heterocycles. The first-order chi connectivity index (χ1) is 8.45. The first-order valence-electron chi connectivity index (χ1n) is 4.96. The zero-order valence-corrected chi connectivity index (χ0v) is 9.35. The third-order valence-corrected chi connectivity index (χ3v) is 1.93. The molecule has 0 atom stereocenters. The molecule has 1 aromatic carbocycles. The smallest absolute Gasteiger partial charge is 0.315 e. The van der Waals surface area contributed by atoms with Gasteiger partial charge in [0.15, 0.2) is 0 Å². The lowest BCUT2D eigenvalue weighted by Gasteiger charge is -2.07. The molecular weight excluding hydrogens is 250 g/mol. The van der Waals surface area contributed by atoms with E-state index in [0.29, 0.717) is 6.61 Å². The van der Waals surface area contributed by atoms with E-state index in [-0.39, 0.29) is 11.4 Å². The first kappa shape index (κ1) is 13.8. The van der Waals surface area contributed by atoms with Gasteiger partial charge in [0.05, 0.1) is 17.6 Å². The molecule has 1 N–H and O–H groups in total. The number of alkyl halides is 2. The molecule has 0 aliphatic carbocycles. The van der Waals surface area contributed by atoms with Crippen LogP contribution in [0.1, 0.15) is 6.92 Å². The Morgan fingerprint density at radius 2 is 2.22 bits per heavy atom. The van der Waals surface area contributed by atoms with Crippen molar-refractivity contribution in [1.82, 2.24) is 0 Å². The molecule has 0 saturated carbocycles. The van der Waals surface area contributed by atoms with Crippen LogP contribution in [0, 0.1) is 10.1 Å². The van der Waals surface area contributed by atoms with E-state index in [1.807, 2.05) is 0 Å². The number of nitro benzene ring substituents is 1. The number of benzene rings is 1. The first-order valence-corrected chi connectivity index (χ1v) is 4.96. The van der Waals surface area contributed by atoms with Gasteiger partial charge in [0.1, 0.15) is 11.4 Å². The minimum absolute atomic E-state index is 0.222. The van der Waals surface area contributed by atoms with Crippen LogP contribution in [0.2, 0.25) is 0 Å². The Morgan fingerprint density at radius 3 is 2.72 bits per heavy atom. The van der Waals surface area contributed by atoms with Crippen molar-refractivity contribution in [2.24, 2.45) is 0 Å². The molecule has 0 unspecified atom stereocenters. The SMILES string of the molecule is CCOc1ccc(NC(=O)C(F)F)c([N+](=O)[O-])c1. The summed E-state index contributed by atoms with van der Waals surface area (Å²) in [7, 11) is 0. The molecule has 6 nitrogen and oxygen atoms in total. The van der Waals surface area contributed by atoms with Crippen molar-refractivity contribution in [3.8, 4) is 5.75 Å². The van der Waals surface area contributed by atoms with Crippen LogP contribution in [-0.2, 0) is 4.79 Å². The number of amides is 1. The van der Waals surface area contributed by atoms with Crippen LogP contribution in [0.15, 0.2) is 18.2 Å². The average Bonchev–Trinajstić information content (AvgIpc) is 2.30. The Balaban J connectivity index is 3.04. The van der Waals surface area contributed by atoms with Gasteiger partial charge >= 0.3 is 6.43 Å². The Labute approximate surface area is 101 Å². The third kappa shape index (κ3) is 3.37. The Hall–Kier alpha value is -2.25. The topological polar surface area (TPSA) is 81.5 Å². The lowest BCUT2D eigenvalue weighted by atomic mass is 10.2. The molecule has 98 valence electrons. The van der Waals surface area contributed by atoms with Gasteiger partial charge < -0.3 is 10.1 Å². The predicted octanol–water partition coefficient (Wildman–Crippen LogP) is 2.20. The van der Waals surface area contributed by atoms with Gasteiger partial charge in [0.25, 0.3) is 11.6 Å². The quantitative estimate of drug-likeness (QED) is 0.650. The zero-order chi connectivity index (χ0) is 13.7. The van der Waals surface area contributed by atoms with Crippen molar-refractivity contribution in [3.63, 3.8) is 0 Å². The highest BCUT2D eigenvalue weighted by atomic mass is 19.3. The maximum absolute atomic E-state index is 12.0. The molecule has 0 aliphatic rings. The fourth-order valence-corrected chi connectivity index (χ4v) is 1.21. The number of nitro groups is 1. The monoisotopic (exact) mass is 260 g/mol. The van der Waals surface area contributed by atoms with E-state index in [1.54, 1.807) is 12.2 Å². The summed E-state index contributed by atoms with van der Waals surface area (Å²) < 4.78 is 29.1. The molecule has 0 spiro atoms. The number of halogens is 2. The highest BCUT2D eigenvalue weighted by molar-refractivity contribution is 5.95. The molecule has 1 rings (SSSR count). The standard InChI is InChI=1S/C10H10F2N2O4/c1-2-18-6-3-4-7(8(5-6)14(16)17)13-10(15)9(11)12/h3-5,9H,2H2,1H3,(H,13,15). The normalized spacial score (nSPS) is 10.2. The molecule has 0 fully saturated rings. The van der Waals surface area contributed by atoms with Crippen molar-refractivity contribution < 1.29 is 23.2 Å². The molecule has 1 aromatic rings. The highest BCUT2D eigenvalue weighted by Crippen LogP contribution is 2.29. The van der Waals surface area contributed by atoms with Crippen molar-refractivity contribution >= 4 is 17.3 Å². The fourth-order valence-electron chi connectivity index (χ4n) is 1.21. The van der Waals surface area contributed by atoms with Crippen LogP contribution < -0.4 is 10.1 Å². The maximum Gasteiger partial charge on any atom is 0.315 e. The summed E-state index contributed by atoms with van der Waals surface area (Å²) in [5.41, 5.74) is -0.802. The lowest BCUT2D eigenvalue weighted by Crippen LogP contribution is -2.20. The number of nitrogens with one attached hydrogen (secondary N) is 1. The number of anilines is 1. The maximum atomic E-state index is 12.0.